The number of benzene rings is 2. The monoisotopic (exact) mass is 527 g/mol. The Balaban J connectivity index is 2.36. The first-order chi connectivity index (χ1) is 16.5. The quantitative estimate of drug-likeness (QED) is 0.426. The molecule has 0 unspecified atom stereocenters. The average molecular weight is 528 g/mol. The molecule has 0 saturated heterocycles. The third-order valence-electron chi connectivity index (χ3n) is 5.38. The molecule has 1 atom stereocenters. The van der Waals surface area contributed by atoms with Crippen molar-refractivity contribution in [3.63, 3.8) is 0 Å². The second-order valence-corrected chi connectivity index (χ2v) is 10.4. The van der Waals surface area contributed by atoms with Gasteiger partial charge in [-0.2, -0.15) is 0 Å². The number of ether oxygens (including phenoxy) is 1. The number of sulfonamides is 1. The third kappa shape index (κ3) is 8.10. The molecule has 0 fully saturated rings. The van der Waals surface area contributed by atoms with Crippen LogP contribution in [0.3, 0.4) is 0 Å². The van der Waals surface area contributed by atoms with Crippen LogP contribution in [-0.4, -0.2) is 57.6 Å². The second-order valence-electron chi connectivity index (χ2n) is 8.06. The molecule has 11 heteroatoms. The van der Waals surface area contributed by atoms with E-state index in [0.717, 1.165) is 41.1 Å². The van der Waals surface area contributed by atoms with Crippen molar-refractivity contribution in [2.24, 2.45) is 0 Å². The van der Waals surface area contributed by atoms with E-state index < -0.39 is 34.3 Å². The zero-order valence-electron chi connectivity index (χ0n) is 20.3. The molecule has 0 aliphatic carbocycles. The first kappa shape index (κ1) is 28.4. The first-order valence-electron chi connectivity index (χ1n) is 11.1. The van der Waals surface area contributed by atoms with E-state index in [1.165, 1.54) is 18.1 Å². The van der Waals surface area contributed by atoms with Gasteiger partial charge in [-0.3, -0.25) is 13.9 Å². The van der Waals surface area contributed by atoms with Gasteiger partial charge in [0.2, 0.25) is 21.8 Å². The fourth-order valence-corrected chi connectivity index (χ4v) is 4.32. The summed E-state index contributed by atoms with van der Waals surface area (Å²) in [6.45, 7) is 3.52. The lowest BCUT2D eigenvalue weighted by molar-refractivity contribution is -0.139. The highest BCUT2D eigenvalue weighted by atomic mass is 35.5. The smallest absolute Gasteiger partial charge is 0.244 e. The molecule has 1 N–H and O–H groups in total. The van der Waals surface area contributed by atoms with Crippen molar-refractivity contribution in [1.29, 1.82) is 0 Å². The van der Waals surface area contributed by atoms with Crippen LogP contribution in [0.15, 0.2) is 42.5 Å². The summed E-state index contributed by atoms with van der Waals surface area (Å²) in [4.78, 5) is 27.5. The number of carbonyl (C=O) groups is 2. The molecule has 2 rings (SSSR count). The van der Waals surface area contributed by atoms with Gasteiger partial charge in [0.15, 0.2) is 0 Å². The normalized spacial score (nSPS) is 12.1. The van der Waals surface area contributed by atoms with E-state index in [9.17, 15) is 22.4 Å². The van der Waals surface area contributed by atoms with Gasteiger partial charge in [0.05, 0.1) is 24.1 Å². The molecule has 0 aliphatic heterocycles. The first-order valence-corrected chi connectivity index (χ1v) is 13.3. The molecule has 8 nitrogen and oxygen atoms in total. The van der Waals surface area contributed by atoms with Crippen LogP contribution in [0.4, 0.5) is 10.1 Å². The summed E-state index contributed by atoms with van der Waals surface area (Å²) in [6.07, 6.45) is 2.62. The van der Waals surface area contributed by atoms with E-state index in [4.69, 9.17) is 16.3 Å². The highest BCUT2D eigenvalue weighted by Crippen LogP contribution is 2.25. The highest BCUT2D eigenvalue weighted by molar-refractivity contribution is 7.92. The van der Waals surface area contributed by atoms with Crippen molar-refractivity contribution in [2.75, 3.05) is 30.8 Å². The molecule has 0 radical (unpaired) electrons. The molecule has 2 aromatic carbocycles. The number of hydrogen-bond acceptors (Lipinski definition) is 5. The lowest BCUT2D eigenvalue weighted by atomic mass is 10.1. The molecule has 0 aliphatic rings. The van der Waals surface area contributed by atoms with Crippen LogP contribution in [-0.2, 0) is 26.2 Å². The van der Waals surface area contributed by atoms with Crippen LogP contribution in [0.5, 0.6) is 5.75 Å². The molecule has 0 aromatic heterocycles. The zero-order valence-corrected chi connectivity index (χ0v) is 21.8. The fraction of sp³-hybridized carbons (Fsp3) is 0.417. The maximum absolute atomic E-state index is 13.6. The minimum atomic E-state index is -3.93. The Morgan fingerprint density at radius 3 is 2.37 bits per heavy atom. The van der Waals surface area contributed by atoms with Gasteiger partial charge >= 0.3 is 0 Å². The van der Waals surface area contributed by atoms with Gasteiger partial charge < -0.3 is 15.0 Å². The number of rotatable bonds is 12. The Kier molecular flexibility index (Phi) is 10.3. The van der Waals surface area contributed by atoms with Crippen molar-refractivity contribution in [1.82, 2.24) is 10.2 Å². The number of amides is 2. The summed E-state index contributed by atoms with van der Waals surface area (Å²) in [5, 5.41) is 2.53. The molecule has 192 valence electrons. The largest absolute Gasteiger partial charge is 0.497 e. The SMILES string of the molecule is CCCCNC(=O)[C@@H](C)N(Cc1ccc(OC)cc1)C(=O)CN(c1ccc(F)c(Cl)c1)S(C)(=O)=O. The van der Waals surface area contributed by atoms with E-state index in [1.54, 1.807) is 31.2 Å². The molecule has 2 aromatic rings. The molecule has 35 heavy (non-hydrogen) atoms. The topological polar surface area (TPSA) is 96.0 Å². The van der Waals surface area contributed by atoms with Crippen LogP contribution in [0.1, 0.15) is 32.3 Å². The maximum Gasteiger partial charge on any atom is 0.244 e. The maximum atomic E-state index is 13.6. The van der Waals surface area contributed by atoms with Crippen LogP contribution in [0.2, 0.25) is 5.02 Å². The van der Waals surface area contributed by atoms with Gasteiger partial charge in [-0.05, 0) is 49.2 Å². The van der Waals surface area contributed by atoms with Crippen molar-refractivity contribution >= 4 is 39.1 Å². The van der Waals surface area contributed by atoms with E-state index in [2.05, 4.69) is 5.32 Å². The summed E-state index contributed by atoms with van der Waals surface area (Å²) >= 11 is 5.84. The summed E-state index contributed by atoms with van der Waals surface area (Å²) in [5.41, 5.74) is 0.764. The van der Waals surface area contributed by atoms with Crippen LogP contribution < -0.4 is 14.4 Å². The molecule has 2 amide bonds. The van der Waals surface area contributed by atoms with Crippen molar-refractivity contribution in [3.05, 3.63) is 58.9 Å². The van der Waals surface area contributed by atoms with Gasteiger partial charge in [-0.1, -0.05) is 37.1 Å². The molecular formula is C24H31ClFN3O5S. The Morgan fingerprint density at radius 1 is 1.17 bits per heavy atom. The Morgan fingerprint density at radius 2 is 1.83 bits per heavy atom. The predicted molar refractivity (Wildman–Crippen MR) is 135 cm³/mol. The molecule has 0 spiro atoms. The van der Waals surface area contributed by atoms with E-state index in [0.29, 0.717) is 12.3 Å². The second kappa shape index (κ2) is 12.7. The van der Waals surface area contributed by atoms with Crippen molar-refractivity contribution < 1.29 is 27.1 Å². The summed E-state index contributed by atoms with van der Waals surface area (Å²) in [7, 11) is -2.40. The minimum absolute atomic E-state index is 0.0386. The Bertz CT molecular complexity index is 1130. The van der Waals surface area contributed by atoms with Crippen molar-refractivity contribution in [3.8, 4) is 5.75 Å². The van der Waals surface area contributed by atoms with Gasteiger partial charge in [0.1, 0.15) is 24.2 Å². The molecule has 0 saturated carbocycles. The minimum Gasteiger partial charge on any atom is -0.497 e. The average Bonchev–Trinajstić information content (AvgIpc) is 2.82. The number of methoxy groups -OCH3 is 1. The number of nitrogens with one attached hydrogen (secondary N) is 1. The number of unbranched alkanes of at least 4 members (excludes halogenated alkanes) is 1. The van der Waals surface area contributed by atoms with Gasteiger partial charge in [-0.25, -0.2) is 12.8 Å². The van der Waals surface area contributed by atoms with Crippen LogP contribution in [0.25, 0.3) is 0 Å². The molecule has 0 heterocycles. The van der Waals surface area contributed by atoms with E-state index in [-0.39, 0.29) is 23.2 Å². The molecule has 0 bridgehead atoms. The number of nitrogens with zero attached hydrogens (tertiary/aromatic N) is 2. The summed E-state index contributed by atoms with van der Waals surface area (Å²) < 4.78 is 44.7. The lowest BCUT2D eigenvalue weighted by Gasteiger charge is -2.31. The standard InChI is InChI=1S/C24H31ClFN3O5S/c1-5-6-13-27-24(31)17(2)28(15-18-7-10-20(34-3)11-8-18)23(30)16-29(35(4,32)33)19-9-12-22(26)21(25)14-19/h7-12,14,17H,5-6,13,15-16H2,1-4H3,(H,27,31)/t17-/m1/s1. The summed E-state index contributed by atoms with van der Waals surface area (Å²) in [5.74, 6) is -1.04. The number of anilines is 1. The Labute approximate surface area is 211 Å². The van der Waals surface area contributed by atoms with Gasteiger partial charge in [-0.15, -0.1) is 0 Å². The fourth-order valence-electron chi connectivity index (χ4n) is 3.30. The summed E-state index contributed by atoms with van der Waals surface area (Å²) in [6, 6.07) is 9.49. The van der Waals surface area contributed by atoms with Crippen molar-refractivity contribution in [2.45, 2.75) is 39.3 Å². The number of carbonyl (C=O) groups excluding carboxylic acids is 2. The predicted octanol–water partition coefficient (Wildman–Crippen LogP) is 3.59. The van der Waals surface area contributed by atoms with E-state index in [1.807, 2.05) is 6.92 Å². The lowest BCUT2D eigenvalue weighted by Crippen LogP contribution is -2.51. The number of halogens is 2. The van der Waals surface area contributed by atoms with Crippen LogP contribution >= 0.6 is 11.6 Å². The highest BCUT2D eigenvalue weighted by Gasteiger charge is 2.30. The molecular weight excluding hydrogens is 497 g/mol. The third-order valence-corrected chi connectivity index (χ3v) is 6.81. The number of hydrogen-bond donors (Lipinski definition) is 1. The zero-order chi connectivity index (χ0) is 26.2. The van der Waals surface area contributed by atoms with Gasteiger partial charge in [0, 0.05) is 13.1 Å². The Hall–Kier alpha value is -2.85. The van der Waals surface area contributed by atoms with E-state index >= 15 is 0 Å². The van der Waals surface area contributed by atoms with Gasteiger partial charge in [0.25, 0.3) is 0 Å². The van der Waals surface area contributed by atoms with Crippen LogP contribution in [0, 0.1) is 5.82 Å².